The Morgan fingerprint density at radius 3 is 2.42 bits per heavy atom. The summed E-state index contributed by atoms with van der Waals surface area (Å²) in [5, 5.41) is 0. The standard InChI is InChI=1S/C23H30N2O/c1-24(2)21-10-7-18(8-11-21)17-20-9-12-22(19-5-3-4-6-19)23(20)25-13-15-26-16-14-25/h5,7-8,10-11,17H,3-4,6,9,12-16H2,1-2H3/b20-17+. The van der Waals surface area contributed by atoms with Gasteiger partial charge in [0.1, 0.15) is 0 Å². The van der Waals surface area contributed by atoms with E-state index in [-0.39, 0.29) is 0 Å². The number of hydrogen-bond donors (Lipinski definition) is 0. The fourth-order valence-corrected chi connectivity index (χ4v) is 4.34. The smallest absolute Gasteiger partial charge is 0.0642 e. The maximum absolute atomic E-state index is 5.61. The molecule has 0 spiro atoms. The van der Waals surface area contributed by atoms with Crippen LogP contribution in [0.3, 0.4) is 0 Å². The summed E-state index contributed by atoms with van der Waals surface area (Å²) >= 11 is 0. The Morgan fingerprint density at radius 1 is 1.00 bits per heavy atom. The van der Waals surface area contributed by atoms with E-state index in [1.165, 1.54) is 48.2 Å². The van der Waals surface area contributed by atoms with Crippen LogP contribution in [0.15, 0.2) is 52.8 Å². The summed E-state index contributed by atoms with van der Waals surface area (Å²) in [6, 6.07) is 8.90. The fourth-order valence-electron chi connectivity index (χ4n) is 4.34. The van der Waals surface area contributed by atoms with Crippen molar-refractivity contribution in [2.75, 3.05) is 45.3 Å². The minimum absolute atomic E-state index is 0.848. The molecule has 1 aromatic carbocycles. The zero-order valence-corrected chi connectivity index (χ0v) is 16.1. The van der Waals surface area contributed by atoms with Gasteiger partial charge in [-0.15, -0.1) is 0 Å². The van der Waals surface area contributed by atoms with Gasteiger partial charge in [-0.1, -0.05) is 18.2 Å². The zero-order chi connectivity index (χ0) is 17.9. The molecular weight excluding hydrogens is 320 g/mol. The van der Waals surface area contributed by atoms with E-state index in [9.17, 15) is 0 Å². The van der Waals surface area contributed by atoms with Crippen molar-refractivity contribution in [2.45, 2.75) is 32.1 Å². The lowest BCUT2D eigenvalue weighted by Gasteiger charge is -2.32. The largest absolute Gasteiger partial charge is 0.378 e. The van der Waals surface area contributed by atoms with Gasteiger partial charge in [-0.3, -0.25) is 0 Å². The van der Waals surface area contributed by atoms with Gasteiger partial charge in [0.05, 0.1) is 13.2 Å². The molecule has 0 atom stereocenters. The molecule has 138 valence electrons. The summed E-state index contributed by atoms with van der Waals surface area (Å²) in [5.74, 6) is 0. The zero-order valence-electron chi connectivity index (χ0n) is 16.1. The molecule has 1 fully saturated rings. The van der Waals surface area contributed by atoms with Crippen LogP contribution in [0.25, 0.3) is 6.08 Å². The molecule has 0 radical (unpaired) electrons. The lowest BCUT2D eigenvalue weighted by Crippen LogP contribution is -2.36. The third-order valence-corrected chi connectivity index (χ3v) is 5.74. The van der Waals surface area contributed by atoms with E-state index in [2.05, 4.69) is 60.3 Å². The second-order valence-electron chi connectivity index (χ2n) is 7.70. The molecule has 4 rings (SSSR count). The Kier molecular flexibility index (Phi) is 5.16. The fraction of sp³-hybridized carbons (Fsp3) is 0.478. The van der Waals surface area contributed by atoms with Gasteiger partial charge in [-0.25, -0.2) is 0 Å². The first-order valence-electron chi connectivity index (χ1n) is 9.96. The summed E-state index contributed by atoms with van der Waals surface area (Å²) < 4.78 is 5.61. The molecule has 0 N–H and O–H groups in total. The van der Waals surface area contributed by atoms with Gasteiger partial charge < -0.3 is 14.5 Å². The highest BCUT2D eigenvalue weighted by atomic mass is 16.5. The normalized spacial score (nSPS) is 22.3. The van der Waals surface area contributed by atoms with Gasteiger partial charge in [0.2, 0.25) is 0 Å². The van der Waals surface area contributed by atoms with E-state index in [0.29, 0.717) is 0 Å². The molecule has 1 saturated heterocycles. The van der Waals surface area contributed by atoms with Gasteiger partial charge in [-0.05, 0) is 72.6 Å². The molecule has 0 unspecified atom stereocenters. The summed E-state index contributed by atoms with van der Waals surface area (Å²) in [6.45, 7) is 3.73. The van der Waals surface area contributed by atoms with Gasteiger partial charge in [0.15, 0.2) is 0 Å². The second-order valence-corrected chi connectivity index (χ2v) is 7.70. The van der Waals surface area contributed by atoms with Crippen LogP contribution in [0.1, 0.15) is 37.7 Å². The van der Waals surface area contributed by atoms with E-state index in [4.69, 9.17) is 4.74 Å². The highest BCUT2D eigenvalue weighted by molar-refractivity contribution is 5.65. The number of benzene rings is 1. The Balaban J connectivity index is 1.67. The number of nitrogens with zero attached hydrogens (tertiary/aromatic N) is 2. The first-order valence-corrected chi connectivity index (χ1v) is 9.96. The summed E-state index contributed by atoms with van der Waals surface area (Å²) in [4.78, 5) is 4.72. The number of allylic oxidation sites excluding steroid dienone is 4. The SMILES string of the molecule is CN(C)c1ccc(/C=C2\CCC(C3=CCCC3)=C2N2CCOCC2)cc1. The van der Waals surface area contributed by atoms with Crippen molar-refractivity contribution in [2.24, 2.45) is 0 Å². The van der Waals surface area contributed by atoms with Crippen molar-refractivity contribution in [3.05, 3.63) is 58.3 Å². The minimum atomic E-state index is 0.848. The van der Waals surface area contributed by atoms with Crippen molar-refractivity contribution in [1.82, 2.24) is 4.90 Å². The van der Waals surface area contributed by atoms with Gasteiger partial charge in [0, 0.05) is 38.6 Å². The summed E-state index contributed by atoms with van der Waals surface area (Å²) in [5.41, 5.74) is 8.79. The van der Waals surface area contributed by atoms with Crippen molar-refractivity contribution in [1.29, 1.82) is 0 Å². The number of morpholine rings is 1. The Hall–Kier alpha value is -2.00. The van der Waals surface area contributed by atoms with Gasteiger partial charge >= 0.3 is 0 Å². The molecule has 3 aliphatic rings. The molecule has 0 aromatic heterocycles. The molecule has 2 aliphatic carbocycles. The van der Waals surface area contributed by atoms with Crippen molar-refractivity contribution in [3.63, 3.8) is 0 Å². The van der Waals surface area contributed by atoms with E-state index in [1.807, 2.05) is 0 Å². The summed E-state index contributed by atoms with van der Waals surface area (Å²) in [7, 11) is 4.18. The number of anilines is 1. The maximum Gasteiger partial charge on any atom is 0.0642 e. The Morgan fingerprint density at radius 2 is 1.77 bits per heavy atom. The van der Waals surface area contributed by atoms with Gasteiger partial charge in [0.25, 0.3) is 0 Å². The van der Waals surface area contributed by atoms with Crippen LogP contribution in [0.2, 0.25) is 0 Å². The number of hydrogen-bond acceptors (Lipinski definition) is 3. The second kappa shape index (κ2) is 7.71. The maximum atomic E-state index is 5.61. The molecule has 0 bridgehead atoms. The Bertz CT molecular complexity index is 734. The average Bonchev–Trinajstić information content (AvgIpc) is 3.32. The van der Waals surface area contributed by atoms with Crippen LogP contribution in [0.5, 0.6) is 0 Å². The molecule has 1 heterocycles. The van der Waals surface area contributed by atoms with Crippen molar-refractivity contribution >= 4 is 11.8 Å². The quantitative estimate of drug-likeness (QED) is 0.788. The highest BCUT2D eigenvalue weighted by Gasteiger charge is 2.28. The molecule has 0 amide bonds. The van der Waals surface area contributed by atoms with E-state index < -0.39 is 0 Å². The van der Waals surface area contributed by atoms with Crippen LogP contribution in [0, 0.1) is 0 Å². The van der Waals surface area contributed by atoms with Crippen LogP contribution in [-0.2, 0) is 4.74 Å². The predicted octanol–water partition coefficient (Wildman–Crippen LogP) is 4.63. The lowest BCUT2D eigenvalue weighted by atomic mass is 10.0. The third-order valence-electron chi connectivity index (χ3n) is 5.74. The van der Waals surface area contributed by atoms with Gasteiger partial charge in [-0.2, -0.15) is 0 Å². The molecule has 3 heteroatoms. The van der Waals surface area contributed by atoms with Crippen LogP contribution in [0.4, 0.5) is 5.69 Å². The van der Waals surface area contributed by atoms with Crippen LogP contribution < -0.4 is 4.90 Å². The minimum Gasteiger partial charge on any atom is -0.378 e. The monoisotopic (exact) mass is 350 g/mol. The predicted molar refractivity (Wildman–Crippen MR) is 109 cm³/mol. The van der Waals surface area contributed by atoms with E-state index in [1.54, 1.807) is 11.1 Å². The summed E-state index contributed by atoms with van der Waals surface area (Å²) in [6.07, 6.45) is 11.1. The molecule has 1 aliphatic heterocycles. The average molecular weight is 351 g/mol. The third kappa shape index (κ3) is 3.59. The molecule has 3 nitrogen and oxygen atoms in total. The van der Waals surface area contributed by atoms with Crippen LogP contribution in [-0.4, -0.2) is 45.3 Å². The van der Waals surface area contributed by atoms with E-state index in [0.717, 1.165) is 32.7 Å². The number of ether oxygens (including phenoxy) is 1. The highest BCUT2D eigenvalue weighted by Crippen LogP contribution is 2.41. The molecule has 0 saturated carbocycles. The van der Waals surface area contributed by atoms with Crippen LogP contribution >= 0.6 is 0 Å². The Labute approximate surface area is 157 Å². The first kappa shape index (κ1) is 17.4. The molecule has 26 heavy (non-hydrogen) atoms. The number of rotatable bonds is 4. The van der Waals surface area contributed by atoms with Crippen molar-refractivity contribution in [3.8, 4) is 0 Å². The first-order chi connectivity index (χ1) is 12.7. The lowest BCUT2D eigenvalue weighted by molar-refractivity contribution is 0.0547. The van der Waals surface area contributed by atoms with Crippen molar-refractivity contribution < 1.29 is 4.74 Å². The molecule has 1 aromatic rings. The molecular formula is C23H30N2O. The topological polar surface area (TPSA) is 15.7 Å². The van der Waals surface area contributed by atoms with E-state index >= 15 is 0 Å².